The first kappa shape index (κ1) is 13.9. The number of rotatable bonds is 3. The fourth-order valence-electron chi connectivity index (χ4n) is 1.45. The number of hydrogen-bond acceptors (Lipinski definition) is 4. The summed E-state index contributed by atoms with van der Waals surface area (Å²) in [5, 5.41) is 0.205. The molecule has 0 atom stereocenters. The Labute approximate surface area is 120 Å². The van der Waals surface area contributed by atoms with Crippen molar-refractivity contribution in [2.45, 2.75) is 4.90 Å². The molecule has 2 aromatic rings. The van der Waals surface area contributed by atoms with Crippen molar-refractivity contribution >= 4 is 44.7 Å². The molecule has 0 fully saturated rings. The second kappa shape index (κ2) is 5.24. The van der Waals surface area contributed by atoms with Crippen molar-refractivity contribution in [3.63, 3.8) is 0 Å². The zero-order valence-corrected chi connectivity index (χ0v) is 11.8. The summed E-state index contributed by atoms with van der Waals surface area (Å²) in [6.45, 7) is 0. The fraction of sp³-hybridized carbons (Fsp3) is 0. The molecule has 0 aliphatic carbocycles. The molecule has 0 spiro atoms. The highest BCUT2D eigenvalue weighted by Gasteiger charge is 2.22. The predicted octanol–water partition coefficient (Wildman–Crippen LogP) is 2.77. The van der Waals surface area contributed by atoms with Crippen molar-refractivity contribution in [2.75, 3.05) is 10.5 Å². The number of halogens is 2. The van der Waals surface area contributed by atoms with Crippen LogP contribution in [0, 0.1) is 0 Å². The van der Waals surface area contributed by atoms with Crippen LogP contribution in [-0.2, 0) is 10.0 Å². The molecule has 0 aliphatic heterocycles. The molecule has 1 aromatic heterocycles. The zero-order valence-electron chi connectivity index (χ0n) is 9.47. The summed E-state index contributed by atoms with van der Waals surface area (Å²) < 4.78 is 26.7. The topological polar surface area (TPSA) is 85.1 Å². The second-order valence-corrected chi connectivity index (χ2v) is 6.03. The predicted molar refractivity (Wildman–Crippen MR) is 75.9 cm³/mol. The molecule has 0 bridgehead atoms. The highest BCUT2D eigenvalue weighted by atomic mass is 35.5. The lowest BCUT2D eigenvalue weighted by Crippen LogP contribution is -2.16. The number of pyridine rings is 1. The van der Waals surface area contributed by atoms with Crippen molar-refractivity contribution in [1.29, 1.82) is 0 Å². The van der Waals surface area contributed by atoms with Gasteiger partial charge in [-0.25, -0.2) is 13.4 Å². The van der Waals surface area contributed by atoms with Crippen LogP contribution in [-0.4, -0.2) is 13.4 Å². The highest BCUT2D eigenvalue weighted by molar-refractivity contribution is 7.93. The van der Waals surface area contributed by atoms with Gasteiger partial charge in [-0.15, -0.1) is 0 Å². The largest absolute Gasteiger partial charge is 0.398 e. The van der Waals surface area contributed by atoms with Crippen LogP contribution in [0.5, 0.6) is 0 Å². The molecule has 3 N–H and O–H groups in total. The molecule has 0 saturated carbocycles. The Bertz CT molecular complexity index is 699. The average molecular weight is 318 g/mol. The summed E-state index contributed by atoms with van der Waals surface area (Å²) in [6, 6.07) is 7.55. The molecule has 0 saturated heterocycles. The van der Waals surface area contributed by atoms with E-state index in [0.29, 0.717) is 0 Å². The van der Waals surface area contributed by atoms with Crippen LogP contribution in [0.4, 0.5) is 11.5 Å². The van der Waals surface area contributed by atoms with Crippen LogP contribution >= 0.6 is 23.2 Å². The van der Waals surface area contributed by atoms with Gasteiger partial charge in [-0.05, 0) is 24.3 Å². The third-order valence-electron chi connectivity index (χ3n) is 2.26. The highest BCUT2D eigenvalue weighted by Crippen LogP contribution is 2.29. The van der Waals surface area contributed by atoms with Crippen LogP contribution in [0.3, 0.4) is 0 Å². The van der Waals surface area contributed by atoms with Crippen molar-refractivity contribution < 1.29 is 8.42 Å². The molecule has 1 aromatic carbocycles. The van der Waals surface area contributed by atoms with Gasteiger partial charge in [0.2, 0.25) is 0 Å². The van der Waals surface area contributed by atoms with E-state index < -0.39 is 10.0 Å². The summed E-state index contributed by atoms with van der Waals surface area (Å²) in [5.41, 5.74) is 5.69. The number of anilines is 2. The van der Waals surface area contributed by atoms with Gasteiger partial charge in [0.1, 0.15) is 4.90 Å². The van der Waals surface area contributed by atoms with Gasteiger partial charge in [-0.2, -0.15) is 0 Å². The van der Waals surface area contributed by atoms with E-state index in [2.05, 4.69) is 9.71 Å². The smallest absolute Gasteiger partial charge is 0.266 e. The third-order valence-corrected chi connectivity index (χ3v) is 4.44. The molecule has 19 heavy (non-hydrogen) atoms. The molecule has 5 nitrogen and oxygen atoms in total. The minimum Gasteiger partial charge on any atom is -0.398 e. The lowest BCUT2D eigenvalue weighted by molar-refractivity contribution is 0.601. The molecule has 0 unspecified atom stereocenters. The molecule has 0 radical (unpaired) electrons. The lowest BCUT2D eigenvalue weighted by atomic mass is 10.3. The van der Waals surface area contributed by atoms with Gasteiger partial charge < -0.3 is 5.73 Å². The lowest BCUT2D eigenvalue weighted by Gasteiger charge is -2.11. The van der Waals surface area contributed by atoms with Gasteiger partial charge in [-0.1, -0.05) is 29.3 Å². The molecular formula is C11H9Cl2N3O2S. The molecule has 8 heteroatoms. The number of nitrogens with zero attached hydrogens (tertiary/aromatic N) is 1. The van der Waals surface area contributed by atoms with Crippen molar-refractivity contribution in [1.82, 2.24) is 4.98 Å². The van der Waals surface area contributed by atoms with E-state index >= 15 is 0 Å². The minimum absolute atomic E-state index is 0.0171. The number of nitrogens with two attached hydrogens (primary N) is 1. The van der Waals surface area contributed by atoms with Gasteiger partial charge in [0, 0.05) is 6.20 Å². The number of nitrogen functional groups attached to an aromatic ring is 1. The number of sulfonamides is 1. The molecule has 100 valence electrons. The zero-order chi connectivity index (χ0) is 14.0. The van der Waals surface area contributed by atoms with Gasteiger partial charge >= 0.3 is 0 Å². The van der Waals surface area contributed by atoms with E-state index in [1.54, 1.807) is 12.1 Å². The Kier molecular flexibility index (Phi) is 3.84. The van der Waals surface area contributed by atoms with Crippen LogP contribution in [0.2, 0.25) is 10.0 Å². The fourth-order valence-corrected chi connectivity index (χ4v) is 3.38. The minimum atomic E-state index is -3.95. The van der Waals surface area contributed by atoms with E-state index in [-0.39, 0.29) is 26.4 Å². The van der Waals surface area contributed by atoms with Gasteiger partial charge in [0.05, 0.1) is 15.7 Å². The molecular weight excluding hydrogens is 309 g/mol. The van der Waals surface area contributed by atoms with Gasteiger partial charge in [0.25, 0.3) is 10.0 Å². The van der Waals surface area contributed by atoms with Crippen LogP contribution in [0.15, 0.2) is 41.4 Å². The summed E-state index contributed by atoms with van der Waals surface area (Å²) in [5.74, 6) is 0.0171. The molecule has 0 aliphatic rings. The van der Waals surface area contributed by atoms with Gasteiger partial charge in [0.15, 0.2) is 5.82 Å². The number of nitrogens with one attached hydrogen (secondary N) is 1. The summed E-state index contributed by atoms with van der Waals surface area (Å²) in [6.07, 6.45) is 1.42. The first-order valence-corrected chi connectivity index (χ1v) is 7.33. The van der Waals surface area contributed by atoms with Crippen molar-refractivity contribution in [2.24, 2.45) is 0 Å². The van der Waals surface area contributed by atoms with Crippen LogP contribution in [0.25, 0.3) is 0 Å². The Hall–Kier alpha value is -1.50. The molecule has 2 rings (SSSR count). The van der Waals surface area contributed by atoms with Crippen molar-refractivity contribution in [3.8, 4) is 0 Å². The molecule has 0 amide bonds. The molecule has 1 heterocycles. The first-order chi connectivity index (χ1) is 8.92. The van der Waals surface area contributed by atoms with Gasteiger partial charge in [-0.3, -0.25) is 4.72 Å². The Morgan fingerprint density at radius 3 is 2.42 bits per heavy atom. The van der Waals surface area contributed by atoms with E-state index in [9.17, 15) is 8.42 Å². The quantitative estimate of drug-likeness (QED) is 0.852. The Balaban J connectivity index is 2.47. The van der Waals surface area contributed by atoms with Crippen LogP contribution in [0.1, 0.15) is 0 Å². The summed E-state index contributed by atoms with van der Waals surface area (Å²) >= 11 is 11.7. The van der Waals surface area contributed by atoms with E-state index in [1.165, 1.54) is 24.4 Å². The monoisotopic (exact) mass is 317 g/mol. The van der Waals surface area contributed by atoms with E-state index in [1.807, 2.05) is 0 Å². The summed E-state index contributed by atoms with van der Waals surface area (Å²) in [7, 11) is -3.95. The second-order valence-electron chi connectivity index (χ2n) is 3.60. The van der Waals surface area contributed by atoms with Crippen LogP contribution < -0.4 is 10.5 Å². The maximum absolute atomic E-state index is 12.2. The average Bonchev–Trinajstić information content (AvgIpc) is 2.31. The third kappa shape index (κ3) is 2.91. The maximum Gasteiger partial charge on any atom is 0.266 e. The van der Waals surface area contributed by atoms with Crippen molar-refractivity contribution in [3.05, 3.63) is 46.6 Å². The van der Waals surface area contributed by atoms with E-state index in [0.717, 1.165) is 0 Å². The normalized spacial score (nSPS) is 11.3. The Morgan fingerprint density at radius 1 is 1.11 bits per heavy atom. The SMILES string of the molecule is Nc1cccc(Cl)c1S(=O)(=O)Nc1ncccc1Cl. The Morgan fingerprint density at radius 2 is 1.79 bits per heavy atom. The summed E-state index contributed by atoms with van der Waals surface area (Å²) in [4.78, 5) is 3.65. The standard InChI is InChI=1S/C11H9Cl2N3O2S/c12-7-3-1-5-9(14)10(7)19(17,18)16-11-8(13)4-2-6-15-11/h1-6H,14H2,(H,15,16). The number of hydrogen-bond donors (Lipinski definition) is 2. The number of aromatic nitrogens is 1. The first-order valence-electron chi connectivity index (χ1n) is 5.09. The number of benzene rings is 1. The maximum atomic E-state index is 12.2. The van der Waals surface area contributed by atoms with E-state index in [4.69, 9.17) is 28.9 Å².